The van der Waals surface area contributed by atoms with Gasteiger partial charge in [-0.25, -0.2) is 13.2 Å². The highest BCUT2D eigenvalue weighted by Gasteiger charge is 2.30. The van der Waals surface area contributed by atoms with Crippen LogP contribution in [0.1, 0.15) is 69.8 Å². The molecule has 4 rings (SSSR count). The van der Waals surface area contributed by atoms with Crippen molar-refractivity contribution in [2.75, 3.05) is 5.73 Å². The summed E-state index contributed by atoms with van der Waals surface area (Å²) in [6.07, 6.45) is 10.1. The smallest absolute Gasteiger partial charge is 0.149 e. The summed E-state index contributed by atoms with van der Waals surface area (Å²) in [5.74, 6) is 0.793. The molecule has 0 amide bonds. The summed E-state index contributed by atoms with van der Waals surface area (Å²) in [5.41, 5.74) is 6.16. The largest absolute Gasteiger partial charge is 0.394 e. The van der Waals surface area contributed by atoms with E-state index in [4.69, 9.17) is 5.73 Å². The molecular formula is C25H30F3N. The van der Waals surface area contributed by atoms with Crippen LogP contribution in [-0.4, -0.2) is 0 Å². The lowest BCUT2D eigenvalue weighted by molar-refractivity contribution is 0.165. The van der Waals surface area contributed by atoms with Crippen LogP contribution < -0.4 is 5.73 Å². The van der Waals surface area contributed by atoms with Gasteiger partial charge in [0.1, 0.15) is 23.1 Å². The van der Waals surface area contributed by atoms with Crippen molar-refractivity contribution in [3.63, 3.8) is 0 Å². The maximum absolute atomic E-state index is 14.8. The van der Waals surface area contributed by atoms with Crippen molar-refractivity contribution >= 4 is 5.69 Å². The number of hydrogen-bond donors (Lipinski definition) is 1. The van der Waals surface area contributed by atoms with E-state index in [2.05, 4.69) is 6.92 Å². The van der Waals surface area contributed by atoms with Gasteiger partial charge in [0.2, 0.25) is 0 Å². The summed E-state index contributed by atoms with van der Waals surface area (Å²) >= 11 is 0. The molecule has 2 aliphatic rings. The molecule has 0 saturated heterocycles. The van der Waals surface area contributed by atoms with Crippen molar-refractivity contribution in [1.29, 1.82) is 0 Å². The first-order valence-electron chi connectivity index (χ1n) is 11.0. The Balaban J connectivity index is 1.44. The first kappa shape index (κ1) is 20.3. The predicted molar refractivity (Wildman–Crippen MR) is 112 cm³/mol. The lowest BCUT2D eigenvalue weighted by Gasteiger charge is -2.37. The first-order valence-corrected chi connectivity index (χ1v) is 11.0. The minimum atomic E-state index is -0.862. The molecule has 0 unspecified atom stereocenters. The van der Waals surface area contributed by atoms with Gasteiger partial charge in [-0.1, -0.05) is 31.9 Å². The molecular weight excluding hydrogens is 371 g/mol. The van der Waals surface area contributed by atoms with Crippen molar-refractivity contribution in [2.24, 2.45) is 17.8 Å². The molecule has 2 fully saturated rings. The molecule has 2 aromatic rings. The van der Waals surface area contributed by atoms with Gasteiger partial charge in [-0.15, -0.1) is 0 Å². The van der Waals surface area contributed by atoms with E-state index in [0.29, 0.717) is 5.92 Å². The average Bonchev–Trinajstić information content (AvgIpc) is 2.72. The Hall–Kier alpha value is -1.97. The van der Waals surface area contributed by atoms with Crippen molar-refractivity contribution in [1.82, 2.24) is 0 Å². The number of nitrogen functional groups attached to an aromatic ring is 1. The molecule has 29 heavy (non-hydrogen) atoms. The zero-order chi connectivity index (χ0) is 20.5. The van der Waals surface area contributed by atoms with Crippen LogP contribution in [0.3, 0.4) is 0 Å². The van der Waals surface area contributed by atoms with Gasteiger partial charge in [0.25, 0.3) is 0 Å². The van der Waals surface area contributed by atoms with Crippen molar-refractivity contribution < 1.29 is 13.2 Å². The van der Waals surface area contributed by atoms with Crippen LogP contribution in [0.2, 0.25) is 0 Å². The molecule has 2 aromatic carbocycles. The third-order valence-corrected chi connectivity index (χ3v) is 7.35. The molecule has 0 radical (unpaired) electrons. The highest BCUT2D eigenvalue weighted by molar-refractivity contribution is 5.67. The van der Waals surface area contributed by atoms with Crippen LogP contribution in [0.15, 0.2) is 30.3 Å². The van der Waals surface area contributed by atoms with E-state index in [1.807, 2.05) is 6.07 Å². The molecule has 0 aliphatic heterocycles. The van der Waals surface area contributed by atoms with Crippen molar-refractivity contribution in [2.45, 2.75) is 64.2 Å². The molecule has 2 N–H and O–H groups in total. The van der Waals surface area contributed by atoms with Crippen LogP contribution >= 0.6 is 0 Å². The van der Waals surface area contributed by atoms with Gasteiger partial charge in [0.05, 0.1) is 0 Å². The fourth-order valence-electron chi connectivity index (χ4n) is 5.44. The zero-order valence-corrected chi connectivity index (χ0v) is 17.1. The standard InChI is InChI=1S/C25H30F3N/c1-15-2-4-16(5-3-15)17-6-8-18(9-7-17)19-10-11-21(22(26)12-19)20-13-23(27)25(29)24(28)14-20/h10-18H,2-9,29H2,1H3. The maximum atomic E-state index is 14.8. The number of rotatable bonds is 3. The van der Waals surface area contributed by atoms with Crippen molar-refractivity contribution in [3.05, 3.63) is 53.3 Å². The Bertz CT molecular complexity index is 839. The second-order valence-electron chi connectivity index (χ2n) is 9.22. The van der Waals surface area contributed by atoms with Gasteiger partial charge in [-0.3, -0.25) is 0 Å². The normalized spacial score (nSPS) is 27.7. The lowest BCUT2D eigenvalue weighted by atomic mass is 9.68. The molecule has 0 bridgehead atoms. The number of nitrogens with two attached hydrogens (primary N) is 1. The Morgan fingerprint density at radius 1 is 0.724 bits per heavy atom. The summed E-state index contributed by atoms with van der Waals surface area (Å²) in [4.78, 5) is 0. The average molecular weight is 402 g/mol. The quantitative estimate of drug-likeness (QED) is 0.531. The molecule has 0 heterocycles. The zero-order valence-electron chi connectivity index (χ0n) is 17.1. The molecule has 1 nitrogen and oxygen atoms in total. The minimum absolute atomic E-state index is 0.175. The SMILES string of the molecule is CC1CCC(C2CCC(c3ccc(-c4cc(F)c(N)c(F)c4)c(F)c3)CC2)CC1. The topological polar surface area (TPSA) is 26.0 Å². The second kappa shape index (κ2) is 8.41. The molecule has 0 aromatic heterocycles. The second-order valence-corrected chi connectivity index (χ2v) is 9.22. The summed E-state index contributed by atoms with van der Waals surface area (Å²) in [7, 11) is 0. The Kier molecular flexibility index (Phi) is 5.89. The van der Waals surface area contributed by atoms with E-state index >= 15 is 0 Å². The summed E-state index contributed by atoms with van der Waals surface area (Å²) < 4.78 is 42.3. The number of halogens is 3. The molecule has 0 spiro atoms. The fourth-order valence-corrected chi connectivity index (χ4v) is 5.44. The Labute approximate surface area is 171 Å². The minimum Gasteiger partial charge on any atom is -0.394 e. The van der Waals surface area contributed by atoms with Gasteiger partial charge >= 0.3 is 0 Å². The summed E-state index contributed by atoms with van der Waals surface area (Å²) in [6.45, 7) is 2.36. The fraction of sp³-hybridized carbons (Fsp3) is 0.520. The number of anilines is 1. The lowest BCUT2D eigenvalue weighted by Crippen LogP contribution is -2.24. The molecule has 0 atom stereocenters. The monoisotopic (exact) mass is 401 g/mol. The predicted octanol–water partition coefficient (Wildman–Crippen LogP) is 7.45. The third-order valence-electron chi connectivity index (χ3n) is 7.35. The van der Waals surface area contributed by atoms with Gasteiger partial charge in [0.15, 0.2) is 0 Å². The van der Waals surface area contributed by atoms with E-state index in [9.17, 15) is 13.2 Å². The summed E-state index contributed by atoms with van der Waals surface area (Å²) in [6, 6.07) is 7.29. The van der Waals surface area contributed by atoms with Gasteiger partial charge in [-0.2, -0.15) is 0 Å². The first-order chi connectivity index (χ1) is 13.9. The summed E-state index contributed by atoms with van der Waals surface area (Å²) in [5, 5.41) is 0. The third kappa shape index (κ3) is 4.31. The van der Waals surface area contributed by atoms with Crippen molar-refractivity contribution in [3.8, 4) is 11.1 Å². The van der Waals surface area contributed by atoms with E-state index in [1.165, 1.54) is 38.5 Å². The Morgan fingerprint density at radius 2 is 1.28 bits per heavy atom. The maximum Gasteiger partial charge on any atom is 0.149 e. The highest BCUT2D eigenvalue weighted by atomic mass is 19.1. The number of benzene rings is 2. The van der Waals surface area contributed by atoms with Crippen LogP contribution in [0.25, 0.3) is 11.1 Å². The van der Waals surface area contributed by atoms with Gasteiger partial charge in [-0.05, 0) is 91.5 Å². The van der Waals surface area contributed by atoms with Gasteiger partial charge in [0, 0.05) is 5.56 Å². The molecule has 2 aliphatic carbocycles. The van der Waals surface area contributed by atoms with E-state index in [1.54, 1.807) is 12.1 Å². The van der Waals surface area contributed by atoms with E-state index in [-0.39, 0.29) is 11.1 Å². The molecule has 156 valence electrons. The Morgan fingerprint density at radius 3 is 1.83 bits per heavy atom. The van der Waals surface area contributed by atoms with Crippen LogP contribution in [-0.2, 0) is 0 Å². The van der Waals surface area contributed by atoms with E-state index in [0.717, 1.165) is 48.3 Å². The molecule has 2 saturated carbocycles. The van der Waals surface area contributed by atoms with Gasteiger partial charge < -0.3 is 5.73 Å². The van der Waals surface area contributed by atoms with Crippen LogP contribution in [0.5, 0.6) is 0 Å². The van der Waals surface area contributed by atoms with Crippen LogP contribution in [0.4, 0.5) is 18.9 Å². The number of hydrogen-bond acceptors (Lipinski definition) is 1. The highest BCUT2D eigenvalue weighted by Crippen LogP contribution is 2.44. The van der Waals surface area contributed by atoms with E-state index < -0.39 is 23.1 Å². The van der Waals surface area contributed by atoms with Crippen LogP contribution in [0, 0.1) is 35.2 Å². The molecule has 4 heteroatoms.